The van der Waals surface area contributed by atoms with Gasteiger partial charge >= 0.3 is 5.97 Å². The minimum absolute atomic E-state index is 0.171. The van der Waals surface area contributed by atoms with Gasteiger partial charge in [-0.1, -0.05) is 6.92 Å². The van der Waals surface area contributed by atoms with Crippen LogP contribution >= 0.6 is 0 Å². The van der Waals surface area contributed by atoms with Crippen LogP contribution in [-0.4, -0.2) is 32.3 Å². The van der Waals surface area contributed by atoms with Gasteiger partial charge in [0.05, 0.1) is 6.61 Å². The Balaban J connectivity index is 4.85. The Morgan fingerprint density at radius 2 is 1.86 bits per heavy atom. The number of rotatable bonds is 5. The molecule has 0 aromatic heterocycles. The molecule has 0 heterocycles. The predicted octanol–water partition coefficient (Wildman–Crippen LogP) is 0.267. The summed E-state index contributed by atoms with van der Waals surface area (Å²) in [6.45, 7) is 6.35. The summed E-state index contributed by atoms with van der Waals surface area (Å²) in [5.41, 5.74) is 0. The highest BCUT2D eigenvalue weighted by molar-refractivity contribution is 7.91. The fourth-order valence-electron chi connectivity index (χ4n) is 0.785. The van der Waals surface area contributed by atoms with Crippen molar-refractivity contribution in [1.29, 1.82) is 0 Å². The molecule has 0 aromatic carbocycles. The zero-order valence-electron chi connectivity index (χ0n) is 8.96. The second-order valence-corrected chi connectivity index (χ2v) is 5.55. The third kappa shape index (κ3) is 2.68. The van der Waals surface area contributed by atoms with Crippen LogP contribution in [0.1, 0.15) is 27.7 Å². The Morgan fingerprint density at radius 1 is 1.36 bits per heavy atom. The van der Waals surface area contributed by atoms with E-state index in [0.29, 0.717) is 0 Å². The molecular formula is C8H17NO4S. The Kier molecular flexibility index (Phi) is 4.54. The topological polar surface area (TPSA) is 72.5 Å². The predicted molar refractivity (Wildman–Crippen MR) is 53.3 cm³/mol. The van der Waals surface area contributed by atoms with Gasteiger partial charge in [0.2, 0.25) is 10.0 Å². The SMILES string of the molecule is CCNS(=O)(=O)C(C)(C)C(=O)OCC. The highest BCUT2D eigenvalue weighted by atomic mass is 32.2. The van der Waals surface area contributed by atoms with Crippen LogP contribution in [0, 0.1) is 0 Å². The van der Waals surface area contributed by atoms with Gasteiger partial charge in [-0.15, -0.1) is 0 Å². The second kappa shape index (κ2) is 4.75. The smallest absolute Gasteiger partial charge is 0.328 e. The average molecular weight is 223 g/mol. The van der Waals surface area contributed by atoms with E-state index in [0.717, 1.165) is 0 Å². The fraction of sp³-hybridized carbons (Fsp3) is 0.875. The minimum Gasteiger partial charge on any atom is -0.465 e. The molecule has 0 bridgehead atoms. The van der Waals surface area contributed by atoms with Gasteiger partial charge in [0, 0.05) is 6.54 Å². The normalized spacial score (nSPS) is 12.6. The van der Waals surface area contributed by atoms with Crippen LogP contribution in [0.25, 0.3) is 0 Å². The van der Waals surface area contributed by atoms with Crippen molar-refractivity contribution in [3.63, 3.8) is 0 Å². The van der Waals surface area contributed by atoms with Crippen LogP contribution in [0.3, 0.4) is 0 Å². The molecule has 0 aromatic rings. The molecule has 0 rings (SSSR count). The molecule has 6 heteroatoms. The van der Waals surface area contributed by atoms with E-state index >= 15 is 0 Å². The highest BCUT2D eigenvalue weighted by Gasteiger charge is 2.42. The largest absolute Gasteiger partial charge is 0.465 e. The van der Waals surface area contributed by atoms with Crippen molar-refractivity contribution in [2.75, 3.05) is 13.2 Å². The van der Waals surface area contributed by atoms with Gasteiger partial charge in [0.1, 0.15) is 0 Å². The van der Waals surface area contributed by atoms with Crippen LogP contribution in [0.5, 0.6) is 0 Å². The van der Waals surface area contributed by atoms with Crippen molar-refractivity contribution in [1.82, 2.24) is 4.72 Å². The first-order valence-electron chi connectivity index (χ1n) is 4.46. The Bertz CT molecular complexity index is 294. The quantitative estimate of drug-likeness (QED) is 0.679. The number of esters is 1. The summed E-state index contributed by atoms with van der Waals surface area (Å²) in [6, 6.07) is 0. The minimum atomic E-state index is -3.66. The number of hydrogen-bond acceptors (Lipinski definition) is 4. The first kappa shape index (κ1) is 13.4. The van der Waals surface area contributed by atoms with E-state index in [2.05, 4.69) is 9.46 Å². The third-order valence-corrected chi connectivity index (χ3v) is 3.95. The van der Waals surface area contributed by atoms with Crippen LogP contribution in [0.4, 0.5) is 0 Å². The molecule has 0 fully saturated rings. The first-order valence-corrected chi connectivity index (χ1v) is 5.94. The van der Waals surface area contributed by atoms with Gasteiger partial charge in [-0.05, 0) is 20.8 Å². The maximum atomic E-state index is 11.6. The molecule has 0 saturated heterocycles. The van der Waals surface area contributed by atoms with Crippen molar-refractivity contribution in [3.8, 4) is 0 Å². The highest BCUT2D eigenvalue weighted by Crippen LogP contribution is 2.16. The summed E-state index contributed by atoms with van der Waals surface area (Å²) in [5, 5.41) is 0. The van der Waals surface area contributed by atoms with Gasteiger partial charge in [-0.2, -0.15) is 0 Å². The molecule has 0 radical (unpaired) electrons. The molecule has 0 aliphatic heterocycles. The number of ether oxygens (including phenoxy) is 1. The molecule has 0 amide bonds. The molecule has 0 unspecified atom stereocenters. The lowest BCUT2D eigenvalue weighted by molar-refractivity contribution is -0.145. The van der Waals surface area contributed by atoms with E-state index < -0.39 is 20.7 Å². The van der Waals surface area contributed by atoms with Crippen LogP contribution in [0.15, 0.2) is 0 Å². The van der Waals surface area contributed by atoms with Gasteiger partial charge in [-0.3, -0.25) is 4.79 Å². The number of hydrogen-bond donors (Lipinski definition) is 1. The van der Waals surface area contributed by atoms with E-state index in [1.165, 1.54) is 13.8 Å². The zero-order chi connectivity index (χ0) is 11.4. The van der Waals surface area contributed by atoms with Gasteiger partial charge in [-0.25, -0.2) is 13.1 Å². The Morgan fingerprint density at radius 3 is 2.21 bits per heavy atom. The Hall–Kier alpha value is -0.620. The summed E-state index contributed by atoms with van der Waals surface area (Å²) >= 11 is 0. The fourth-order valence-corrected chi connectivity index (χ4v) is 1.80. The summed E-state index contributed by atoms with van der Waals surface area (Å²) in [4.78, 5) is 11.3. The molecule has 14 heavy (non-hydrogen) atoms. The molecular weight excluding hydrogens is 206 g/mol. The zero-order valence-corrected chi connectivity index (χ0v) is 9.77. The van der Waals surface area contributed by atoms with Crippen LogP contribution < -0.4 is 4.72 Å². The molecule has 0 saturated carbocycles. The van der Waals surface area contributed by atoms with Gasteiger partial charge in [0.15, 0.2) is 4.75 Å². The molecule has 0 aliphatic carbocycles. The summed E-state index contributed by atoms with van der Waals surface area (Å²) < 4.78 is 28.5. The molecule has 5 nitrogen and oxygen atoms in total. The molecule has 0 aliphatic rings. The number of carbonyl (C=O) groups excluding carboxylic acids is 1. The second-order valence-electron chi connectivity index (χ2n) is 3.23. The van der Waals surface area contributed by atoms with E-state index in [1.54, 1.807) is 13.8 Å². The lowest BCUT2D eigenvalue weighted by Crippen LogP contribution is -2.48. The van der Waals surface area contributed by atoms with E-state index in [4.69, 9.17) is 0 Å². The van der Waals surface area contributed by atoms with E-state index in [9.17, 15) is 13.2 Å². The summed E-state index contributed by atoms with van der Waals surface area (Å²) in [7, 11) is -3.66. The van der Waals surface area contributed by atoms with Crippen molar-refractivity contribution in [3.05, 3.63) is 0 Å². The van der Waals surface area contributed by atoms with E-state index in [-0.39, 0.29) is 13.2 Å². The molecule has 84 valence electrons. The maximum absolute atomic E-state index is 11.6. The monoisotopic (exact) mass is 223 g/mol. The molecule has 0 spiro atoms. The van der Waals surface area contributed by atoms with Crippen LogP contribution in [-0.2, 0) is 19.6 Å². The van der Waals surface area contributed by atoms with Crippen molar-refractivity contribution >= 4 is 16.0 Å². The van der Waals surface area contributed by atoms with Crippen LogP contribution in [0.2, 0.25) is 0 Å². The number of nitrogens with one attached hydrogen (secondary N) is 1. The maximum Gasteiger partial charge on any atom is 0.328 e. The van der Waals surface area contributed by atoms with E-state index in [1.807, 2.05) is 0 Å². The first-order chi connectivity index (χ1) is 6.29. The van der Waals surface area contributed by atoms with Crippen molar-refractivity contribution in [2.24, 2.45) is 0 Å². The lowest BCUT2D eigenvalue weighted by atomic mass is 10.2. The standard InChI is InChI=1S/C8H17NO4S/c1-5-9-14(11,12)8(3,4)7(10)13-6-2/h9H,5-6H2,1-4H3. The van der Waals surface area contributed by atoms with Gasteiger partial charge < -0.3 is 4.74 Å². The summed E-state index contributed by atoms with van der Waals surface area (Å²) in [6.07, 6.45) is 0. The van der Waals surface area contributed by atoms with Crippen molar-refractivity contribution < 1.29 is 17.9 Å². The molecule has 1 N–H and O–H groups in total. The number of carbonyl (C=O) groups is 1. The third-order valence-electron chi connectivity index (χ3n) is 1.77. The average Bonchev–Trinajstić information content (AvgIpc) is 2.04. The van der Waals surface area contributed by atoms with Gasteiger partial charge in [0.25, 0.3) is 0 Å². The Labute approximate surface area is 84.9 Å². The summed E-state index contributed by atoms with van der Waals surface area (Å²) in [5.74, 6) is -0.735. The lowest BCUT2D eigenvalue weighted by Gasteiger charge is -2.22. The molecule has 0 atom stereocenters. The van der Waals surface area contributed by atoms with Crippen molar-refractivity contribution in [2.45, 2.75) is 32.4 Å². The number of sulfonamides is 1.